The highest BCUT2D eigenvalue weighted by molar-refractivity contribution is 5.80. The van der Waals surface area contributed by atoms with Gasteiger partial charge in [-0.05, 0) is 18.1 Å². The third-order valence-corrected chi connectivity index (χ3v) is 3.65. The van der Waals surface area contributed by atoms with E-state index in [-0.39, 0.29) is 18.2 Å². The average Bonchev–Trinajstić information content (AvgIpc) is 2.66. The first-order valence-corrected chi connectivity index (χ1v) is 8.83. The number of carbonyl (C=O) groups is 2. The van der Waals surface area contributed by atoms with Crippen LogP contribution in [0.3, 0.4) is 0 Å². The van der Waals surface area contributed by atoms with Crippen LogP contribution in [-0.2, 0) is 22.6 Å². The molecule has 0 fully saturated rings. The molecule has 0 unspecified atom stereocenters. The fraction of sp³-hybridized carbons (Fsp3) is 0.350. The summed E-state index contributed by atoms with van der Waals surface area (Å²) in [6.45, 7) is 3.27. The Morgan fingerprint density at radius 2 is 1.85 bits per heavy atom. The third-order valence-electron chi connectivity index (χ3n) is 3.65. The minimum atomic E-state index is -0.129. The lowest BCUT2D eigenvalue weighted by atomic mass is 10.1. The molecule has 0 aliphatic rings. The topological polar surface area (TPSA) is 80.3 Å². The lowest BCUT2D eigenvalue weighted by Crippen LogP contribution is -2.31. The summed E-state index contributed by atoms with van der Waals surface area (Å²) in [6, 6.07) is 13.2. The van der Waals surface area contributed by atoms with Crippen LogP contribution in [0.5, 0.6) is 5.88 Å². The predicted octanol–water partition coefficient (Wildman–Crippen LogP) is 2.24. The van der Waals surface area contributed by atoms with E-state index in [1.807, 2.05) is 49.4 Å². The number of hydrogen-bond donors (Lipinski definition) is 2. The van der Waals surface area contributed by atoms with Crippen LogP contribution >= 0.6 is 0 Å². The van der Waals surface area contributed by atoms with Crippen LogP contribution in [0, 0.1) is 0 Å². The van der Waals surface area contributed by atoms with Crippen molar-refractivity contribution in [3.63, 3.8) is 0 Å². The minimum Gasteiger partial charge on any atom is -0.477 e. The van der Waals surface area contributed by atoms with E-state index in [0.29, 0.717) is 32.0 Å². The van der Waals surface area contributed by atoms with Gasteiger partial charge < -0.3 is 15.4 Å². The Labute approximate surface area is 154 Å². The van der Waals surface area contributed by atoms with Crippen molar-refractivity contribution >= 4 is 11.8 Å². The van der Waals surface area contributed by atoms with Crippen LogP contribution in [0.1, 0.15) is 30.9 Å². The van der Waals surface area contributed by atoms with Crippen LogP contribution in [0.4, 0.5) is 0 Å². The van der Waals surface area contributed by atoms with Crippen LogP contribution in [-0.4, -0.2) is 29.9 Å². The Hall–Kier alpha value is -2.89. The van der Waals surface area contributed by atoms with Gasteiger partial charge in [0.1, 0.15) is 0 Å². The molecule has 1 aromatic carbocycles. The zero-order valence-electron chi connectivity index (χ0n) is 15.0. The maximum Gasteiger partial charge on any atom is 0.224 e. The van der Waals surface area contributed by atoms with Crippen LogP contribution in [0.2, 0.25) is 0 Å². The van der Waals surface area contributed by atoms with Crippen LogP contribution < -0.4 is 15.4 Å². The van der Waals surface area contributed by atoms with E-state index in [9.17, 15) is 9.59 Å². The largest absolute Gasteiger partial charge is 0.477 e. The smallest absolute Gasteiger partial charge is 0.224 e. The molecule has 0 saturated carbocycles. The standard InChI is InChI=1S/C20H25N3O3/c1-2-13-26-20-17(9-6-11-22-20)15-23-18(24)10-12-21-19(25)14-16-7-4-3-5-8-16/h3-9,11H,2,10,12-15H2,1H3,(H,21,25)(H,23,24). The molecule has 2 N–H and O–H groups in total. The summed E-state index contributed by atoms with van der Waals surface area (Å²) < 4.78 is 5.57. The lowest BCUT2D eigenvalue weighted by molar-refractivity contribution is -0.122. The van der Waals surface area contributed by atoms with Gasteiger partial charge in [-0.3, -0.25) is 9.59 Å². The molecule has 1 heterocycles. The van der Waals surface area contributed by atoms with Gasteiger partial charge in [0.2, 0.25) is 17.7 Å². The van der Waals surface area contributed by atoms with E-state index in [0.717, 1.165) is 17.5 Å². The van der Waals surface area contributed by atoms with Gasteiger partial charge in [0.25, 0.3) is 0 Å². The van der Waals surface area contributed by atoms with E-state index < -0.39 is 0 Å². The van der Waals surface area contributed by atoms with E-state index in [2.05, 4.69) is 15.6 Å². The maximum absolute atomic E-state index is 12.0. The van der Waals surface area contributed by atoms with Gasteiger partial charge >= 0.3 is 0 Å². The molecule has 0 spiro atoms. The number of rotatable bonds is 10. The summed E-state index contributed by atoms with van der Waals surface area (Å²) >= 11 is 0. The number of amides is 2. The van der Waals surface area contributed by atoms with Crippen molar-refractivity contribution in [1.29, 1.82) is 0 Å². The van der Waals surface area contributed by atoms with E-state index in [4.69, 9.17) is 4.74 Å². The highest BCUT2D eigenvalue weighted by Crippen LogP contribution is 2.14. The first kappa shape index (κ1) is 19.4. The molecule has 0 radical (unpaired) electrons. The van der Waals surface area contributed by atoms with Crippen molar-refractivity contribution in [1.82, 2.24) is 15.6 Å². The number of ether oxygens (including phenoxy) is 1. The van der Waals surface area contributed by atoms with Gasteiger partial charge in [-0.15, -0.1) is 0 Å². The van der Waals surface area contributed by atoms with Crippen molar-refractivity contribution in [3.05, 3.63) is 59.8 Å². The minimum absolute atomic E-state index is 0.0912. The molecule has 6 nitrogen and oxygen atoms in total. The molecule has 0 saturated heterocycles. The zero-order chi connectivity index (χ0) is 18.6. The number of carbonyl (C=O) groups excluding carboxylic acids is 2. The molecule has 0 aliphatic heterocycles. The van der Waals surface area contributed by atoms with Crippen LogP contribution in [0.15, 0.2) is 48.7 Å². The fourth-order valence-electron chi connectivity index (χ4n) is 2.33. The van der Waals surface area contributed by atoms with Gasteiger partial charge in [0, 0.05) is 31.3 Å². The van der Waals surface area contributed by atoms with Gasteiger partial charge in [-0.2, -0.15) is 0 Å². The van der Waals surface area contributed by atoms with E-state index >= 15 is 0 Å². The molecule has 2 aromatic rings. The Kier molecular flexibility index (Phi) is 8.12. The van der Waals surface area contributed by atoms with Crippen molar-refractivity contribution in [3.8, 4) is 5.88 Å². The Bertz CT molecular complexity index is 704. The molecule has 0 bridgehead atoms. The highest BCUT2D eigenvalue weighted by atomic mass is 16.5. The third kappa shape index (κ3) is 6.93. The summed E-state index contributed by atoms with van der Waals surface area (Å²) in [4.78, 5) is 28.0. The highest BCUT2D eigenvalue weighted by Gasteiger charge is 2.08. The summed E-state index contributed by atoms with van der Waals surface area (Å²) in [5, 5.41) is 5.59. The molecule has 1 aromatic heterocycles. The predicted molar refractivity (Wildman–Crippen MR) is 99.6 cm³/mol. The Balaban J connectivity index is 1.68. The van der Waals surface area contributed by atoms with Crippen molar-refractivity contribution in [2.45, 2.75) is 32.7 Å². The van der Waals surface area contributed by atoms with E-state index in [1.54, 1.807) is 6.20 Å². The fourth-order valence-corrected chi connectivity index (χ4v) is 2.33. The molecule has 2 rings (SSSR count). The quantitative estimate of drug-likeness (QED) is 0.685. The molecule has 138 valence electrons. The first-order valence-electron chi connectivity index (χ1n) is 8.83. The monoisotopic (exact) mass is 355 g/mol. The van der Waals surface area contributed by atoms with Crippen LogP contribution in [0.25, 0.3) is 0 Å². The Morgan fingerprint density at radius 3 is 2.62 bits per heavy atom. The molecule has 26 heavy (non-hydrogen) atoms. The summed E-state index contributed by atoms with van der Waals surface area (Å²) in [6.07, 6.45) is 3.10. The summed E-state index contributed by atoms with van der Waals surface area (Å²) in [7, 11) is 0. The number of nitrogens with zero attached hydrogens (tertiary/aromatic N) is 1. The second kappa shape index (κ2) is 10.9. The summed E-state index contributed by atoms with van der Waals surface area (Å²) in [5.41, 5.74) is 1.79. The summed E-state index contributed by atoms with van der Waals surface area (Å²) in [5.74, 6) is 0.327. The van der Waals surface area contributed by atoms with Gasteiger partial charge in [-0.25, -0.2) is 4.98 Å². The van der Waals surface area contributed by atoms with Gasteiger partial charge in [0.15, 0.2) is 0 Å². The van der Waals surface area contributed by atoms with Gasteiger partial charge in [-0.1, -0.05) is 43.3 Å². The molecule has 2 amide bonds. The van der Waals surface area contributed by atoms with Crippen molar-refractivity contribution in [2.75, 3.05) is 13.2 Å². The van der Waals surface area contributed by atoms with Crippen molar-refractivity contribution in [2.24, 2.45) is 0 Å². The Morgan fingerprint density at radius 1 is 1.04 bits per heavy atom. The molecule has 6 heteroatoms. The molecule has 0 atom stereocenters. The number of nitrogens with one attached hydrogen (secondary N) is 2. The average molecular weight is 355 g/mol. The van der Waals surface area contributed by atoms with Gasteiger partial charge in [0.05, 0.1) is 13.0 Å². The number of aromatic nitrogens is 1. The second-order valence-electron chi connectivity index (χ2n) is 5.86. The lowest BCUT2D eigenvalue weighted by Gasteiger charge is -2.10. The number of benzene rings is 1. The number of hydrogen-bond acceptors (Lipinski definition) is 4. The molecular formula is C20H25N3O3. The molecular weight excluding hydrogens is 330 g/mol. The van der Waals surface area contributed by atoms with E-state index in [1.165, 1.54) is 0 Å². The first-order chi connectivity index (χ1) is 12.7. The zero-order valence-corrected chi connectivity index (χ0v) is 15.0. The SMILES string of the molecule is CCCOc1ncccc1CNC(=O)CCNC(=O)Cc1ccccc1. The maximum atomic E-state index is 12.0. The molecule has 0 aliphatic carbocycles. The second-order valence-corrected chi connectivity index (χ2v) is 5.86. The number of pyridine rings is 1. The van der Waals surface area contributed by atoms with Crippen molar-refractivity contribution < 1.29 is 14.3 Å². The normalized spacial score (nSPS) is 10.2.